The first kappa shape index (κ1) is 20.2. The first-order chi connectivity index (χ1) is 13.9. The summed E-state index contributed by atoms with van der Waals surface area (Å²) in [5, 5.41) is 10.9. The highest BCUT2D eigenvalue weighted by atomic mass is 16.5. The minimum atomic E-state index is -0.790. The summed E-state index contributed by atoms with van der Waals surface area (Å²) in [5.74, 6) is -0.993. The molecule has 2 aromatic heterocycles. The predicted molar refractivity (Wildman–Crippen MR) is 113 cm³/mol. The van der Waals surface area contributed by atoms with E-state index in [-0.39, 0.29) is 12.4 Å². The van der Waals surface area contributed by atoms with E-state index in [4.69, 9.17) is 5.11 Å². The van der Waals surface area contributed by atoms with E-state index < -0.39 is 5.97 Å². The molecular weight excluding hydrogens is 368 g/mol. The number of carboxylic acids is 1. The average Bonchev–Trinajstić information content (AvgIpc) is 3.19. The number of carbonyl (C=O) groups excluding carboxylic acids is 1. The molecule has 2 aromatic carbocycles. The minimum absolute atomic E-state index is 0.0847. The molecule has 6 nitrogen and oxygen atoms in total. The molecule has 0 aliphatic heterocycles. The monoisotopic (exact) mass is 392 g/mol. The topological polar surface area (TPSA) is 73.5 Å². The van der Waals surface area contributed by atoms with Crippen molar-refractivity contribution < 1.29 is 19.4 Å². The highest BCUT2D eigenvalue weighted by Gasteiger charge is 2.10. The number of para-hydroxylation sites is 2. The van der Waals surface area contributed by atoms with Crippen molar-refractivity contribution in [2.24, 2.45) is 14.1 Å². The number of esters is 1. The van der Waals surface area contributed by atoms with Crippen LogP contribution in [-0.2, 0) is 41.3 Å². The molecule has 0 atom stereocenters. The molecule has 0 fully saturated rings. The van der Waals surface area contributed by atoms with Gasteiger partial charge in [0.2, 0.25) is 0 Å². The number of fused-ring (bicyclic) bond motifs is 2. The van der Waals surface area contributed by atoms with E-state index in [1.54, 1.807) is 0 Å². The molecule has 0 spiro atoms. The standard InChI is InChI=1S/C12H13NO2.C11H11NO2/c1-13-8-9(7-12(14)15-2)10-5-3-4-6-11(10)13;1-12-7-8(6-11(13)14)9-4-2-3-5-10(9)12/h3-6,8H,7H2,1-2H3;2-5,7H,6H2,1H3,(H,13,14). The Morgan fingerprint density at radius 3 is 1.72 bits per heavy atom. The summed E-state index contributed by atoms with van der Waals surface area (Å²) in [6.45, 7) is 0. The minimum Gasteiger partial charge on any atom is -0.481 e. The third-order valence-electron chi connectivity index (χ3n) is 4.86. The fourth-order valence-electron chi connectivity index (χ4n) is 3.52. The zero-order valence-corrected chi connectivity index (χ0v) is 16.8. The van der Waals surface area contributed by atoms with Gasteiger partial charge in [0.15, 0.2) is 0 Å². The average molecular weight is 392 g/mol. The van der Waals surface area contributed by atoms with Crippen molar-refractivity contribution in [3.63, 3.8) is 0 Å². The van der Waals surface area contributed by atoms with Crippen LogP contribution in [0, 0.1) is 0 Å². The first-order valence-electron chi connectivity index (χ1n) is 9.25. The molecule has 29 heavy (non-hydrogen) atoms. The van der Waals surface area contributed by atoms with Crippen molar-refractivity contribution in [2.75, 3.05) is 7.11 Å². The second-order valence-corrected chi connectivity index (χ2v) is 6.89. The van der Waals surface area contributed by atoms with E-state index >= 15 is 0 Å². The molecule has 0 amide bonds. The van der Waals surface area contributed by atoms with Crippen LogP contribution >= 0.6 is 0 Å². The second kappa shape index (κ2) is 8.65. The number of aryl methyl sites for hydroxylation is 2. The van der Waals surface area contributed by atoms with Crippen LogP contribution in [0.25, 0.3) is 21.8 Å². The molecule has 0 bridgehead atoms. The number of hydrogen-bond donors (Lipinski definition) is 1. The normalized spacial score (nSPS) is 10.6. The van der Waals surface area contributed by atoms with E-state index in [9.17, 15) is 9.59 Å². The molecule has 0 aliphatic carbocycles. The van der Waals surface area contributed by atoms with Crippen LogP contribution in [0.15, 0.2) is 60.9 Å². The summed E-state index contributed by atoms with van der Waals surface area (Å²) >= 11 is 0. The molecule has 150 valence electrons. The summed E-state index contributed by atoms with van der Waals surface area (Å²) in [4.78, 5) is 21.8. The van der Waals surface area contributed by atoms with Crippen molar-refractivity contribution in [1.82, 2.24) is 9.13 Å². The highest BCUT2D eigenvalue weighted by molar-refractivity contribution is 5.88. The van der Waals surface area contributed by atoms with Crippen molar-refractivity contribution in [1.29, 1.82) is 0 Å². The second-order valence-electron chi connectivity index (χ2n) is 6.89. The van der Waals surface area contributed by atoms with Crippen LogP contribution in [0.3, 0.4) is 0 Å². The number of rotatable bonds is 4. The van der Waals surface area contributed by atoms with Crippen molar-refractivity contribution >= 4 is 33.7 Å². The van der Waals surface area contributed by atoms with Gasteiger partial charge in [0, 0.05) is 48.3 Å². The maximum absolute atomic E-state index is 11.2. The van der Waals surface area contributed by atoms with E-state index in [1.807, 2.05) is 84.2 Å². The number of aromatic nitrogens is 2. The van der Waals surface area contributed by atoms with Gasteiger partial charge in [-0.3, -0.25) is 9.59 Å². The molecule has 0 saturated heterocycles. The number of aliphatic carboxylic acids is 1. The molecule has 2 heterocycles. The van der Waals surface area contributed by atoms with Crippen LogP contribution in [-0.4, -0.2) is 33.3 Å². The molecule has 1 N–H and O–H groups in total. The molecule has 6 heteroatoms. The zero-order valence-electron chi connectivity index (χ0n) is 16.8. The van der Waals surface area contributed by atoms with Gasteiger partial charge in [-0.1, -0.05) is 36.4 Å². The lowest BCUT2D eigenvalue weighted by molar-refractivity contribution is -0.140. The zero-order chi connectivity index (χ0) is 21.0. The number of hydrogen-bond acceptors (Lipinski definition) is 3. The van der Waals surface area contributed by atoms with Gasteiger partial charge in [0.25, 0.3) is 0 Å². The van der Waals surface area contributed by atoms with Gasteiger partial charge in [-0.25, -0.2) is 0 Å². The molecule has 4 aromatic rings. The van der Waals surface area contributed by atoms with E-state index in [2.05, 4.69) is 4.74 Å². The fraction of sp³-hybridized carbons (Fsp3) is 0.217. The maximum Gasteiger partial charge on any atom is 0.310 e. The lowest BCUT2D eigenvalue weighted by atomic mass is 10.1. The van der Waals surface area contributed by atoms with Gasteiger partial charge in [0.1, 0.15) is 0 Å². The number of nitrogens with zero attached hydrogens (tertiary/aromatic N) is 2. The third kappa shape index (κ3) is 4.48. The Morgan fingerprint density at radius 2 is 1.28 bits per heavy atom. The van der Waals surface area contributed by atoms with E-state index in [0.29, 0.717) is 6.42 Å². The van der Waals surface area contributed by atoms with Gasteiger partial charge in [-0.05, 0) is 23.3 Å². The Labute approximate surface area is 168 Å². The van der Waals surface area contributed by atoms with Gasteiger partial charge in [-0.15, -0.1) is 0 Å². The Hall–Kier alpha value is -3.54. The van der Waals surface area contributed by atoms with Gasteiger partial charge >= 0.3 is 11.9 Å². The van der Waals surface area contributed by atoms with Gasteiger partial charge in [-0.2, -0.15) is 0 Å². The van der Waals surface area contributed by atoms with Crippen molar-refractivity contribution in [3.05, 3.63) is 72.1 Å². The number of carboxylic acid groups (broad SMARTS) is 1. The number of carbonyl (C=O) groups is 2. The van der Waals surface area contributed by atoms with Crippen LogP contribution in [0.5, 0.6) is 0 Å². The van der Waals surface area contributed by atoms with Gasteiger partial charge < -0.3 is 19.0 Å². The Balaban J connectivity index is 0.000000166. The van der Waals surface area contributed by atoms with Crippen LogP contribution in [0.2, 0.25) is 0 Å². The van der Waals surface area contributed by atoms with E-state index in [0.717, 1.165) is 32.9 Å². The Bertz CT molecular complexity index is 1170. The van der Waals surface area contributed by atoms with Crippen molar-refractivity contribution in [3.8, 4) is 0 Å². The molecule has 0 radical (unpaired) electrons. The molecule has 0 saturated carbocycles. The number of methoxy groups -OCH3 is 1. The summed E-state index contributed by atoms with van der Waals surface area (Å²) in [7, 11) is 5.31. The number of ether oxygens (including phenoxy) is 1. The predicted octanol–water partition coefficient (Wildman–Crippen LogP) is 3.70. The lowest BCUT2D eigenvalue weighted by Crippen LogP contribution is -2.03. The van der Waals surface area contributed by atoms with Crippen LogP contribution in [0.1, 0.15) is 11.1 Å². The third-order valence-corrected chi connectivity index (χ3v) is 4.86. The largest absolute Gasteiger partial charge is 0.481 e. The molecule has 0 aliphatic rings. The van der Waals surface area contributed by atoms with Crippen molar-refractivity contribution in [2.45, 2.75) is 12.8 Å². The quantitative estimate of drug-likeness (QED) is 0.538. The Kier molecular flexibility index (Phi) is 6.02. The molecule has 0 unspecified atom stereocenters. The summed E-state index contributed by atoms with van der Waals surface area (Å²) in [6.07, 6.45) is 4.26. The summed E-state index contributed by atoms with van der Waals surface area (Å²) in [5.41, 5.74) is 4.09. The maximum atomic E-state index is 11.2. The smallest absolute Gasteiger partial charge is 0.310 e. The number of benzene rings is 2. The van der Waals surface area contributed by atoms with Crippen LogP contribution in [0.4, 0.5) is 0 Å². The van der Waals surface area contributed by atoms with Gasteiger partial charge in [0.05, 0.1) is 20.0 Å². The lowest BCUT2D eigenvalue weighted by Gasteiger charge is -1.97. The first-order valence-corrected chi connectivity index (χ1v) is 9.25. The summed E-state index contributed by atoms with van der Waals surface area (Å²) in [6, 6.07) is 15.8. The molecular formula is C23H24N2O4. The fourth-order valence-corrected chi connectivity index (χ4v) is 3.52. The Morgan fingerprint density at radius 1 is 0.828 bits per heavy atom. The summed E-state index contributed by atoms with van der Waals surface area (Å²) < 4.78 is 8.64. The van der Waals surface area contributed by atoms with Crippen LogP contribution < -0.4 is 0 Å². The highest BCUT2D eigenvalue weighted by Crippen LogP contribution is 2.21. The van der Waals surface area contributed by atoms with E-state index in [1.165, 1.54) is 7.11 Å². The molecule has 4 rings (SSSR count). The SMILES string of the molecule is COC(=O)Cc1cn(C)c2ccccc12.Cn1cc(CC(=O)O)c2ccccc21.